The highest BCUT2D eigenvalue weighted by Crippen LogP contribution is 2.00. The fourth-order valence-corrected chi connectivity index (χ4v) is 2.39. The molecule has 160 valence electrons. The number of imidazole rings is 1. The van der Waals surface area contributed by atoms with Crippen LogP contribution in [0.4, 0.5) is 0 Å². The molecule has 0 fully saturated rings. The highest BCUT2D eigenvalue weighted by Gasteiger charge is 2.26. The summed E-state index contributed by atoms with van der Waals surface area (Å²) in [5.41, 5.74) is 10.9. The molecule has 3 atom stereocenters. The van der Waals surface area contributed by atoms with Crippen LogP contribution in [0.15, 0.2) is 12.5 Å². The van der Waals surface area contributed by atoms with Crippen molar-refractivity contribution in [1.29, 1.82) is 0 Å². The average Bonchev–Trinajstić information content (AvgIpc) is 3.15. The standard InChI is InChI=1S/C15H23N7O6S/c16-8(2-11(17)23)13(25)19-4-12(24)21-10(5-29)14(26)22-9(15(27)28)1-7-3-18-6-20-7/h3,6,8-10,29H,1-2,4-5,16H2,(H2,17,23)(H,18,20)(H,19,25)(H,21,24)(H,22,26)(H,27,28). The molecule has 0 spiro atoms. The lowest BCUT2D eigenvalue weighted by molar-refractivity contribution is -0.142. The van der Waals surface area contributed by atoms with Gasteiger partial charge < -0.3 is 37.5 Å². The molecule has 0 aliphatic rings. The van der Waals surface area contributed by atoms with Crippen LogP contribution in [-0.4, -0.2) is 75.1 Å². The summed E-state index contributed by atoms with van der Waals surface area (Å²) >= 11 is 3.97. The number of carboxylic acids is 1. The summed E-state index contributed by atoms with van der Waals surface area (Å²) in [7, 11) is 0. The number of nitrogens with zero attached hydrogens (tertiary/aromatic N) is 1. The van der Waals surface area contributed by atoms with Gasteiger partial charge in [0.1, 0.15) is 12.1 Å². The number of aliphatic carboxylic acids is 1. The Morgan fingerprint density at radius 1 is 1.17 bits per heavy atom. The molecule has 0 aliphatic heterocycles. The molecule has 0 radical (unpaired) electrons. The van der Waals surface area contributed by atoms with Gasteiger partial charge in [0.15, 0.2) is 0 Å². The Morgan fingerprint density at radius 3 is 2.38 bits per heavy atom. The summed E-state index contributed by atoms with van der Waals surface area (Å²) in [6, 6.07) is -3.61. The van der Waals surface area contributed by atoms with E-state index >= 15 is 0 Å². The average molecular weight is 429 g/mol. The number of thiol groups is 1. The molecule has 0 aromatic carbocycles. The van der Waals surface area contributed by atoms with Crippen molar-refractivity contribution in [2.45, 2.75) is 31.0 Å². The molecule has 0 bridgehead atoms. The first-order chi connectivity index (χ1) is 13.6. The number of carbonyl (C=O) groups is 5. The van der Waals surface area contributed by atoms with E-state index < -0.39 is 54.3 Å². The molecular weight excluding hydrogens is 406 g/mol. The molecule has 0 saturated carbocycles. The van der Waals surface area contributed by atoms with Gasteiger partial charge in [-0.2, -0.15) is 12.6 Å². The first-order valence-electron chi connectivity index (χ1n) is 8.36. The van der Waals surface area contributed by atoms with Gasteiger partial charge in [-0.3, -0.25) is 19.2 Å². The van der Waals surface area contributed by atoms with Crippen LogP contribution in [0, 0.1) is 0 Å². The molecule has 9 N–H and O–H groups in total. The monoisotopic (exact) mass is 429 g/mol. The van der Waals surface area contributed by atoms with E-state index in [0.717, 1.165) is 0 Å². The number of nitrogens with one attached hydrogen (secondary N) is 4. The van der Waals surface area contributed by atoms with Gasteiger partial charge in [0.25, 0.3) is 0 Å². The molecule has 1 rings (SSSR count). The van der Waals surface area contributed by atoms with E-state index in [4.69, 9.17) is 11.5 Å². The van der Waals surface area contributed by atoms with Crippen LogP contribution in [0.5, 0.6) is 0 Å². The lowest BCUT2D eigenvalue weighted by Crippen LogP contribution is -2.55. The molecule has 13 nitrogen and oxygen atoms in total. The predicted molar refractivity (Wildman–Crippen MR) is 102 cm³/mol. The summed E-state index contributed by atoms with van der Waals surface area (Å²) in [5, 5.41) is 16.1. The number of nitrogens with two attached hydrogens (primary N) is 2. The number of H-pyrrole nitrogens is 1. The van der Waals surface area contributed by atoms with E-state index in [0.29, 0.717) is 5.69 Å². The van der Waals surface area contributed by atoms with Crippen molar-refractivity contribution in [3.63, 3.8) is 0 Å². The van der Waals surface area contributed by atoms with E-state index in [9.17, 15) is 29.1 Å². The van der Waals surface area contributed by atoms with Crippen molar-refractivity contribution >= 4 is 42.2 Å². The molecule has 29 heavy (non-hydrogen) atoms. The zero-order valence-corrected chi connectivity index (χ0v) is 16.1. The summed E-state index contributed by atoms with van der Waals surface area (Å²) in [5.74, 6) is -4.43. The van der Waals surface area contributed by atoms with Crippen molar-refractivity contribution in [3.8, 4) is 0 Å². The number of rotatable bonds is 12. The van der Waals surface area contributed by atoms with Crippen LogP contribution in [0.25, 0.3) is 0 Å². The maximum atomic E-state index is 12.3. The summed E-state index contributed by atoms with van der Waals surface area (Å²) in [4.78, 5) is 64.5. The lowest BCUT2D eigenvalue weighted by atomic mass is 10.1. The highest BCUT2D eigenvalue weighted by molar-refractivity contribution is 7.80. The normalized spacial score (nSPS) is 13.6. The van der Waals surface area contributed by atoms with Crippen molar-refractivity contribution in [1.82, 2.24) is 25.9 Å². The number of carboxylic acid groups (broad SMARTS) is 1. The third-order valence-electron chi connectivity index (χ3n) is 3.61. The highest BCUT2D eigenvalue weighted by atomic mass is 32.1. The Hall–Kier alpha value is -3.13. The first kappa shape index (κ1) is 23.9. The van der Waals surface area contributed by atoms with Crippen LogP contribution in [0.1, 0.15) is 12.1 Å². The fourth-order valence-electron chi connectivity index (χ4n) is 2.14. The Bertz CT molecular complexity index is 742. The molecule has 3 unspecified atom stereocenters. The maximum absolute atomic E-state index is 12.3. The van der Waals surface area contributed by atoms with E-state index in [1.807, 2.05) is 0 Å². The summed E-state index contributed by atoms with van der Waals surface area (Å²) in [6.45, 7) is -0.515. The van der Waals surface area contributed by atoms with Gasteiger partial charge in [-0.1, -0.05) is 0 Å². The minimum Gasteiger partial charge on any atom is -0.480 e. The van der Waals surface area contributed by atoms with Gasteiger partial charge in [-0.25, -0.2) is 9.78 Å². The van der Waals surface area contributed by atoms with Gasteiger partial charge in [0.2, 0.25) is 23.6 Å². The number of hydrogen-bond acceptors (Lipinski definition) is 8. The van der Waals surface area contributed by atoms with Crippen molar-refractivity contribution in [2.75, 3.05) is 12.3 Å². The number of aromatic amines is 1. The van der Waals surface area contributed by atoms with Crippen molar-refractivity contribution in [2.24, 2.45) is 11.5 Å². The number of carbonyl (C=O) groups excluding carboxylic acids is 4. The summed E-state index contributed by atoms with van der Waals surface area (Å²) in [6.07, 6.45) is 2.37. The minimum atomic E-state index is -1.27. The van der Waals surface area contributed by atoms with Crippen LogP contribution in [0.2, 0.25) is 0 Å². The van der Waals surface area contributed by atoms with Gasteiger partial charge in [0, 0.05) is 24.1 Å². The molecular formula is C15H23N7O6S. The van der Waals surface area contributed by atoms with Gasteiger partial charge in [-0.05, 0) is 0 Å². The Balaban J connectivity index is 2.56. The van der Waals surface area contributed by atoms with Crippen LogP contribution >= 0.6 is 12.6 Å². The van der Waals surface area contributed by atoms with E-state index in [2.05, 4.69) is 38.5 Å². The zero-order chi connectivity index (χ0) is 22.0. The quantitative estimate of drug-likeness (QED) is 0.154. The smallest absolute Gasteiger partial charge is 0.326 e. The fraction of sp³-hybridized carbons (Fsp3) is 0.467. The molecule has 0 saturated heterocycles. The SMILES string of the molecule is NC(=O)CC(N)C(=O)NCC(=O)NC(CS)C(=O)NC(Cc1cnc[nH]1)C(=O)O. The third kappa shape index (κ3) is 8.61. The van der Waals surface area contributed by atoms with Crippen LogP contribution in [-0.2, 0) is 30.4 Å². The first-order valence-corrected chi connectivity index (χ1v) is 8.99. The molecule has 4 amide bonds. The molecule has 0 aliphatic carbocycles. The van der Waals surface area contributed by atoms with Gasteiger partial charge >= 0.3 is 5.97 Å². The maximum Gasteiger partial charge on any atom is 0.326 e. The van der Waals surface area contributed by atoms with Crippen molar-refractivity contribution in [3.05, 3.63) is 18.2 Å². The zero-order valence-electron chi connectivity index (χ0n) is 15.3. The van der Waals surface area contributed by atoms with E-state index in [1.165, 1.54) is 12.5 Å². The molecule has 14 heteroatoms. The lowest BCUT2D eigenvalue weighted by Gasteiger charge is -2.20. The van der Waals surface area contributed by atoms with Crippen LogP contribution < -0.4 is 27.4 Å². The Kier molecular flexibility index (Phi) is 9.61. The topological polar surface area (TPSA) is 222 Å². The Morgan fingerprint density at radius 2 is 1.86 bits per heavy atom. The summed E-state index contributed by atoms with van der Waals surface area (Å²) < 4.78 is 0. The number of amides is 4. The third-order valence-corrected chi connectivity index (χ3v) is 3.97. The van der Waals surface area contributed by atoms with Crippen LogP contribution in [0.3, 0.4) is 0 Å². The van der Waals surface area contributed by atoms with E-state index in [-0.39, 0.29) is 18.6 Å². The number of aromatic nitrogens is 2. The molecule has 1 heterocycles. The molecule has 1 aromatic heterocycles. The molecule has 1 aromatic rings. The predicted octanol–water partition coefficient (Wildman–Crippen LogP) is -3.74. The van der Waals surface area contributed by atoms with Gasteiger partial charge in [-0.15, -0.1) is 0 Å². The second-order valence-corrected chi connectivity index (χ2v) is 6.34. The second-order valence-electron chi connectivity index (χ2n) is 5.98. The van der Waals surface area contributed by atoms with E-state index in [1.54, 1.807) is 0 Å². The second kappa shape index (κ2) is 11.7. The number of hydrogen-bond donors (Lipinski definition) is 8. The largest absolute Gasteiger partial charge is 0.480 e. The van der Waals surface area contributed by atoms with Gasteiger partial charge in [0.05, 0.1) is 25.3 Å². The Labute approximate surface area is 170 Å². The van der Waals surface area contributed by atoms with Crippen molar-refractivity contribution < 1.29 is 29.1 Å². The minimum absolute atomic E-state index is 0.0396. The number of primary amides is 1.